The van der Waals surface area contributed by atoms with Crippen molar-refractivity contribution < 1.29 is 9.59 Å². The van der Waals surface area contributed by atoms with Gasteiger partial charge in [-0.1, -0.05) is 26.0 Å². The van der Waals surface area contributed by atoms with Gasteiger partial charge in [0.2, 0.25) is 5.91 Å². The van der Waals surface area contributed by atoms with Gasteiger partial charge in [-0.25, -0.2) is 5.43 Å². The number of benzene rings is 1. The topological polar surface area (TPSA) is 70.6 Å². The van der Waals surface area contributed by atoms with Crippen molar-refractivity contribution in [1.29, 1.82) is 0 Å². The molecule has 2 N–H and O–H groups in total. The normalized spacial score (nSPS) is 10.8. The van der Waals surface area contributed by atoms with E-state index in [4.69, 9.17) is 0 Å². The van der Waals surface area contributed by atoms with Crippen LogP contribution in [0.15, 0.2) is 33.8 Å². The van der Waals surface area contributed by atoms with Crippen molar-refractivity contribution in [1.82, 2.24) is 10.7 Å². The second-order valence-corrected chi connectivity index (χ2v) is 5.40. The molecule has 0 aliphatic carbocycles. The Hall–Kier alpha value is -1.69. The largest absolute Gasteiger partial charge is 0.351 e. The highest BCUT2D eigenvalue weighted by atomic mass is 79.9. The Morgan fingerprint density at radius 3 is 2.70 bits per heavy atom. The molecule has 0 radical (unpaired) electrons. The fourth-order valence-corrected chi connectivity index (χ4v) is 1.81. The number of nitrogens with one attached hydrogen (secondary N) is 2. The van der Waals surface area contributed by atoms with E-state index in [1.54, 1.807) is 24.4 Å². The standard InChI is InChI=1S/C14H18BrN3O2/c1-10(2)9-17-18-13(19)7-8-16-14(20)11-5-3-4-6-12(11)15/h3-6,9-10H,7-8H2,1-2H3,(H,16,20)(H,18,19)/b17-9-. The number of rotatable bonds is 6. The summed E-state index contributed by atoms with van der Waals surface area (Å²) in [6, 6.07) is 7.13. The van der Waals surface area contributed by atoms with Gasteiger partial charge in [-0.2, -0.15) is 5.10 Å². The first kappa shape index (κ1) is 16.4. The van der Waals surface area contributed by atoms with E-state index in [2.05, 4.69) is 31.8 Å². The van der Waals surface area contributed by atoms with E-state index < -0.39 is 0 Å². The van der Waals surface area contributed by atoms with Crippen LogP contribution >= 0.6 is 15.9 Å². The summed E-state index contributed by atoms with van der Waals surface area (Å²) in [7, 11) is 0. The van der Waals surface area contributed by atoms with E-state index in [1.807, 2.05) is 19.9 Å². The fraction of sp³-hybridized carbons (Fsp3) is 0.357. The van der Waals surface area contributed by atoms with Crippen molar-refractivity contribution in [3.63, 3.8) is 0 Å². The minimum absolute atomic E-state index is 0.186. The molecule has 0 aromatic heterocycles. The minimum Gasteiger partial charge on any atom is -0.351 e. The molecule has 0 bridgehead atoms. The molecule has 0 saturated carbocycles. The van der Waals surface area contributed by atoms with E-state index in [0.29, 0.717) is 5.56 Å². The van der Waals surface area contributed by atoms with Crippen LogP contribution in [0.2, 0.25) is 0 Å². The third-order valence-electron chi connectivity index (χ3n) is 2.32. The first-order chi connectivity index (χ1) is 9.50. The zero-order valence-electron chi connectivity index (χ0n) is 11.5. The minimum atomic E-state index is -0.227. The molecule has 0 aliphatic heterocycles. The van der Waals surface area contributed by atoms with E-state index >= 15 is 0 Å². The lowest BCUT2D eigenvalue weighted by Gasteiger charge is -2.06. The molecule has 0 atom stereocenters. The number of halogens is 1. The van der Waals surface area contributed by atoms with Crippen molar-refractivity contribution >= 4 is 34.0 Å². The van der Waals surface area contributed by atoms with Gasteiger partial charge in [0, 0.05) is 23.7 Å². The zero-order chi connectivity index (χ0) is 15.0. The molecule has 0 fully saturated rings. The van der Waals surface area contributed by atoms with Gasteiger partial charge in [0.25, 0.3) is 5.91 Å². The zero-order valence-corrected chi connectivity index (χ0v) is 13.1. The highest BCUT2D eigenvalue weighted by molar-refractivity contribution is 9.10. The monoisotopic (exact) mass is 339 g/mol. The van der Waals surface area contributed by atoms with Crippen LogP contribution in [0, 0.1) is 5.92 Å². The van der Waals surface area contributed by atoms with Crippen molar-refractivity contribution in [2.45, 2.75) is 20.3 Å². The van der Waals surface area contributed by atoms with Gasteiger partial charge in [-0.3, -0.25) is 9.59 Å². The third kappa shape index (κ3) is 5.97. The summed E-state index contributed by atoms with van der Waals surface area (Å²) in [5.74, 6) is -0.157. The molecule has 0 heterocycles. The number of hydrazone groups is 1. The number of nitrogens with zero attached hydrogens (tertiary/aromatic N) is 1. The maximum Gasteiger partial charge on any atom is 0.252 e. The third-order valence-corrected chi connectivity index (χ3v) is 3.01. The summed E-state index contributed by atoms with van der Waals surface area (Å²) in [5, 5.41) is 6.48. The van der Waals surface area contributed by atoms with Gasteiger partial charge in [0.05, 0.1) is 5.56 Å². The van der Waals surface area contributed by atoms with Crippen LogP contribution in [0.3, 0.4) is 0 Å². The van der Waals surface area contributed by atoms with Crippen molar-refractivity contribution in [3.8, 4) is 0 Å². The highest BCUT2D eigenvalue weighted by Gasteiger charge is 2.09. The van der Waals surface area contributed by atoms with Crippen LogP contribution in [-0.4, -0.2) is 24.6 Å². The summed E-state index contributed by atoms with van der Waals surface area (Å²) < 4.78 is 0.725. The Balaban J connectivity index is 2.32. The molecule has 6 heteroatoms. The van der Waals surface area contributed by atoms with Gasteiger partial charge in [0.15, 0.2) is 0 Å². The first-order valence-electron chi connectivity index (χ1n) is 6.35. The number of carbonyl (C=O) groups excluding carboxylic acids is 2. The van der Waals surface area contributed by atoms with E-state index in [9.17, 15) is 9.59 Å². The van der Waals surface area contributed by atoms with E-state index in [1.165, 1.54) is 0 Å². The molecule has 1 aromatic carbocycles. The summed E-state index contributed by atoms with van der Waals surface area (Å²) in [4.78, 5) is 23.3. The number of hydrogen-bond acceptors (Lipinski definition) is 3. The molecule has 1 rings (SSSR count). The van der Waals surface area contributed by atoms with Crippen LogP contribution in [-0.2, 0) is 4.79 Å². The molecule has 1 aromatic rings. The van der Waals surface area contributed by atoms with Gasteiger partial charge in [-0.05, 0) is 34.0 Å². The number of carbonyl (C=O) groups is 2. The lowest BCUT2D eigenvalue weighted by molar-refractivity contribution is -0.120. The number of hydrogen-bond donors (Lipinski definition) is 2. The number of amides is 2. The van der Waals surface area contributed by atoms with Crippen molar-refractivity contribution in [2.24, 2.45) is 11.0 Å². The molecule has 20 heavy (non-hydrogen) atoms. The molecule has 0 spiro atoms. The van der Waals surface area contributed by atoms with E-state index in [0.717, 1.165) is 4.47 Å². The van der Waals surface area contributed by atoms with Crippen molar-refractivity contribution in [3.05, 3.63) is 34.3 Å². The molecular formula is C14H18BrN3O2. The molecule has 5 nitrogen and oxygen atoms in total. The summed E-state index contributed by atoms with van der Waals surface area (Å²) in [6.45, 7) is 4.20. The summed E-state index contributed by atoms with van der Waals surface area (Å²) in [5.41, 5.74) is 2.96. The first-order valence-corrected chi connectivity index (χ1v) is 7.14. The maximum atomic E-state index is 11.8. The molecule has 2 amide bonds. The van der Waals surface area contributed by atoms with Crippen LogP contribution in [0.5, 0.6) is 0 Å². The molecule has 0 unspecified atom stereocenters. The summed E-state index contributed by atoms with van der Waals surface area (Å²) in [6.07, 6.45) is 1.84. The van der Waals surface area contributed by atoms with Crippen LogP contribution < -0.4 is 10.7 Å². The van der Waals surface area contributed by atoms with Crippen LogP contribution in [0.1, 0.15) is 30.6 Å². The fourth-order valence-electron chi connectivity index (χ4n) is 1.34. The van der Waals surface area contributed by atoms with Gasteiger partial charge in [0.1, 0.15) is 0 Å². The molecule has 0 saturated heterocycles. The van der Waals surface area contributed by atoms with Crippen molar-refractivity contribution in [2.75, 3.05) is 6.54 Å². The average molecular weight is 340 g/mol. The lowest BCUT2D eigenvalue weighted by Crippen LogP contribution is -2.29. The van der Waals surface area contributed by atoms with Gasteiger partial charge >= 0.3 is 0 Å². The maximum absolute atomic E-state index is 11.8. The van der Waals surface area contributed by atoms with E-state index in [-0.39, 0.29) is 30.7 Å². The smallest absolute Gasteiger partial charge is 0.252 e. The average Bonchev–Trinajstić information content (AvgIpc) is 2.38. The Morgan fingerprint density at radius 2 is 2.05 bits per heavy atom. The quantitative estimate of drug-likeness (QED) is 0.616. The Bertz CT molecular complexity index is 501. The molecular weight excluding hydrogens is 322 g/mol. The molecule has 0 aliphatic rings. The van der Waals surface area contributed by atoms with Gasteiger partial charge < -0.3 is 5.32 Å². The Morgan fingerprint density at radius 1 is 1.35 bits per heavy atom. The summed E-state index contributed by atoms with van der Waals surface area (Å²) >= 11 is 3.31. The predicted octanol–water partition coefficient (Wildman–Crippen LogP) is 2.33. The second kappa shape index (κ2) is 8.47. The second-order valence-electron chi connectivity index (χ2n) is 4.54. The van der Waals surface area contributed by atoms with Gasteiger partial charge in [-0.15, -0.1) is 0 Å². The predicted molar refractivity (Wildman–Crippen MR) is 82.6 cm³/mol. The molecule has 108 valence electrons. The van der Waals surface area contributed by atoms with Crippen LogP contribution in [0.25, 0.3) is 0 Å². The van der Waals surface area contributed by atoms with Crippen LogP contribution in [0.4, 0.5) is 0 Å². The SMILES string of the molecule is CC(C)/C=N\NC(=O)CCNC(=O)c1ccccc1Br. The lowest BCUT2D eigenvalue weighted by atomic mass is 10.2. The Kier molecular flexibility index (Phi) is 6.93. The Labute approximate surface area is 127 Å². The highest BCUT2D eigenvalue weighted by Crippen LogP contribution is 2.15.